The second-order valence-electron chi connectivity index (χ2n) is 4.91. The summed E-state index contributed by atoms with van der Waals surface area (Å²) in [5, 5.41) is 3.48. The van der Waals surface area contributed by atoms with Gasteiger partial charge in [0.05, 0.1) is 0 Å². The molecule has 100 valence electrons. The van der Waals surface area contributed by atoms with E-state index in [2.05, 4.69) is 5.32 Å². The van der Waals surface area contributed by atoms with Crippen LogP contribution in [-0.2, 0) is 0 Å². The molecule has 0 radical (unpaired) electrons. The molecule has 1 fully saturated rings. The summed E-state index contributed by atoms with van der Waals surface area (Å²) in [5.74, 6) is 0. The number of alkyl halides is 2. The Balaban J connectivity index is 2.08. The maximum atomic E-state index is 12.7. The van der Waals surface area contributed by atoms with Crippen LogP contribution in [0.25, 0.3) is 0 Å². The maximum absolute atomic E-state index is 12.7. The molecule has 0 aliphatic heterocycles. The third-order valence-corrected chi connectivity index (χ3v) is 3.59. The summed E-state index contributed by atoms with van der Waals surface area (Å²) in [7, 11) is 0. The molecule has 18 heavy (non-hydrogen) atoms. The first-order chi connectivity index (χ1) is 8.70. The lowest BCUT2D eigenvalue weighted by molar-refractivity contribution is 0.151. The van der Waals surface area contributed by atoms with Crippen LogP contribution in [0.4, 0.5) is 8.78 Å². The molecule has 0 heterocycles. The first kappa shape index (κ1) is 13.4. The van der Waals surface area contributed by atoms with Crippen LogP contribution in [0.5, 0.6) is 0 Å². The predicted octanol–water partition coefficient (Wildman–Crippen LogP) is 3.16. The summed E-state index contributed by atoms with van der Waals surface area (Å²) in [5.41, 5.74) is 6.69. The van der Waals surface area contributed by atoms with E-state index in [9.17, 15) is 8.78 Å². The zero-order chi connectivity index (χ0) is 13.0. The first-order valence-electron chi connectivity index (χ1n) is 6.55. The Labute approximate surface area is 107 Å². The third kappa shape index (κ3) is 3.27. The molecule has 0 saturated heterocycles. The van der Waals surface area contributed by atoms with Gasteiger partial charge in [-0.3, -0.25) is 0 Å². The highest BCUT2D eigenvalue weighted by atomic mass is 19.3. The van der Waals surface area contributed by atoms with Crippen LogP contribution in [0, 0.1) is 0 Å². The van der Waals surface area contributed by atoms with Gasteiger partial charge in [-0.2, -0.15) is 0 Å². The van der Waals surface area contributed by atoms with Gasteiger partial charge in [-0.1, -0.05) is 31.0 Å². The SMILES string of the molecule is NCC(NC1CCCC1)c1cccc(C(F)F)c1. The fourth-order valence-corrected chi connectivity index (χ4v) is 2.59. The Hall–Kier alpha value is -1.00. The molecule has 1 unspecified atom stereocenters. The molecule has 0 aromatic heterocycles. The lowest BCUT2D eigenvalue weighted by Crippen LogP contribution is -2.35. The predicted molar refractivity (Wildman–Crippen MR) is 68.6 cm³/mol. The van der Waals surface area contributed by atoms with Crippen molar-refractivity contribution in [2.24, 2.45) is 5.73 Å². The van der Waals surface area contributed by atoms with E-state index in [1.54, 1.807) is 12.1 Å². The van der Waals surface area contributed by atoms with Gasteiger partial charge < -0.3 is 11.1 Å². The minimum absolute atomic E-state index is 0.0215. The molecular formula is C14H20F2N2. The molecule has 1 aromatic rings. The van der Waals surface area contributed by atoms with Crippen LogP contribution in [0.15, 0.2) is 24.3 Å². The molecule has 2 nitrogen and oxygen atoms in total. The molecule has 0 spiro atoms. The summed E-state index contributed by atoms with van der Waals surface area (Å²) in [4.78, 5) is 0. The summed E-state index contributed by atoms with van der Waals surface area (Å²) in [6.07, 6.45) is 2.38. The van der Waals surface area contributed by atoms with Crippen molar-refractivity contribution >= 4 is 0 Å². The number of nitrogens with two attached hydrogens (primary N) is 1. The topological polar surface area (TPSA) is 38.0 Å². The van der Waals surface area contributed by atoms with Crippen molar-refractivity contribution in [3.8, 4) is 0 Å². The molecule has 3 N–H and O–H groups in total. The average Bonchev–Trinajstić information content (AvgIpc) is 2.89. The molecule has 0 bridgehead atoms. The van der Waals surface area contributed by atoms with E-state index >= 15 is 0 Å². The van der Waals surface area contributed by atoms with Gasteiger partial charge in [0, 0.05) is 24.2 Å². The van der Waals surface area contributed by atoms with Gasteiger partial charge in [0.2, 0.25) is 0 Å². The number of hydrogen-bond donors (Lipinski definition) is 2. The number of halogens is 2. The molecular weight excluding hydrogens is 234 g/mol. The van der Waals surface area contributed by atoms with E-state index in [-0.39, 0.29) is 11.6 Å². The number of benzene rings is 1. The summed E-state index contributed by atoms with van der Waals surface area (Å²) in [6.45, 7) is 0.434. The van der Waals surface area contributed by atoms with Gasteiger partial charge in [-0.15, -0.1) is 0 Å². The fourth-order valence-electron chi connectivity index (χ4n) is 2.59. The van der Waals surface area contributed by atoms with Crippen molar-refractivity contribution in [1.29, 1.82) is 0 Å². The Morgan fingerprint density at radius 2 is 1.89 bits per heavy atom. The van der Waals surface area contributed by atoms with Crippen LogP contribution in [-0.4, -0.2) is 12.6 Å². The molecule has 1 atom stereocenters. The van der Waals surface area contributed by atoms with E-state index < -0.39 is 6.43 Å². The summed E-state index contributed by atoms with van der Waals surface area (Å²) in [6, 6.07) is 7.02. The van der Waals surface area contributed by atoms with Gasteiger partial charge >= 0.3 is 0 Å². The van der Waals surface area contributed by atoms with Gasteiger partial charge in [0.25, 0.3) is 6.43 Å². The average molecular weight is 254 g/mol. The molecule has 4 heteroatoms. The highest BCUT2D eigenvalue weighted by molar-refractivity contribution is 5.27. The quantitative estimate of drug-likeness (QED) is 0.847. The van der Waals surface area contributed by atoms with E-state index in [0.29, 0.717) is 12.6 Å². The van der Waals surface area contributed by atoms with Crippen LogP contribution >= 0.6 is 0 Å². The van der Waals surface area contributed by atoms with Gasteiger partial charge in [0.1, 0.15) is 0 Å². The van der Waals surface area contributed by atoms with Crippen LogP contribution in [0.1, 0.15) is 49.3 Å². The van der Waals surface area contributed by atoms with E-state index in [0.717, 1.165) is 18.4 Å². The Kier molecular flexibility index (Phi) is 4.66. The third-order valence-electron chi connectivity index (χ3n) is 3.59. The number of nitrogens with one attached hydrogen (secondary N) is 1. The molecule has 1 aliphatic rings. The van der Waals surface area contributed by atoms with E-state index in [4.69, 9.17) is 5.73 Å². The normalized spacial score (nSPS) is 18.4. The fraction of sp³-hybridized carbons (Fsp3) is 0.571. The van der Waals surface area contributed by atoms with Crippen molar-refractivity contribution in [3.63, 3.8) is 0 Å². The van der Waals surface area contributed by atoms with E-state index in [1.165, 1.54) is 18.9 Å². The smallest absolute Gasteiger partial charge is 0.263 e. The minimum Gasteiger partial charge on any atom is -0.329 e. The van der Waals surface area contributed by atoms with Crippen molar-refractivity contribution in [2.45, 2.75) is 44.2 Å². The van der Waals surface area contributed by atoms with Gasteiger partial charge in [-0.25, -0.2) is 8.78 Å². The highest BCUT2D eigenvalue weighted by Crippen LogP contribution is 2.25. The first-order valence-corrected chi connectivity index (χ1v) is 6.55. The van der Waals surface area contributed by atoms with Gasteiger partial charge in [-0.05, 0) is 24.5 Å². The standard InChI is InChI=1S/C14H20F2N2/c15-14(16)11-5-3-4-10(8-11)13(9-17)18-12-6-1-2-7-12/h3-5,8,12-14,18H,1-2,6-7,9,17H2. The molecule has 1 aliphatic carbocycles. The lowest BCUT2D eigenvalue weighted by Gasteiger charge is -2.22. The second kappa shape index (κ2) is 6.25. The Morgan fingerprint density at radius 1 is 1.22 bits per heavy atom. The van der Waals surface area contributed by atoms with E-state index in [1.807, 2.05) is 6.07 Å². The zero-order valence-corrected chi connectivity index (χ0v) is 10.4. The number of hydrogen-bond acceptors (Lipinski definition) is 2. The molecule has 1 aromatic carbocycles. The molecule has 2 rings (SSSR count). The molecule has 1 saturated carbocycles. The van der Waals surface area contributed by atoms with Crippen molar-refractivity contribution in [3.05, 3.63) is 35.4 Å². The largest absolute Gasteiger partial charge is 0.329 e. The zero-order valence-electron chi connectivity index (χ0n) is 10.4. The maximum Gasteiger partial charge on any atom is 0.263 e. The van der Waals surface area contributed by atoms with Crippen molar-refractivity contribution in [1.82, 2.24) is 5.32 Å². The van der Waals surface area contributed by atoms with Crippen LogP contribution < -0.4 is 11.1 Å². The van der Waals surface area contributed by atoms with Crippen molar-refractivity contribution < 1.29 is 8.78 Å². The second-order valence-corrected chi connectivity index (χ2v) is 4.91. The minimum atomic E-state index is -2.42. The molecule has 0 amide bonds. The summed E-state index contributed by atoms with van der Waals surface area (Å²) >= 11 is 0. The van der Waals surface area contributed by atoms with Crippen molar-refractivity contribution in [2.75, 3.05) is 6.54 Å². The number of rotatable bonds is 5. The van der Waals surface area contributed by atoms with Gasteiger partial charge in [0.15, 0.2) is 0 Å². The highest BCUT2D eigenvalue weighted by Gasteiger charge is 2.20. The van der Waals surface area contributed by atoms with Crippen LogP contribution in [0.3, 0.4) is 0 Å². The van der Waals surface area contributed by atoms with Crippen LogP contribution in [0.2, 0.25) is 0 Å². The monoisotopic (exact) mass is 254 g/mol. The lowest BCUT2D eigenvalue weighted by atomic mass is 10.0. The summed E-state index contributed by atoms with van der Waals surface area (Å²) < 4.78 is 25.3. The Morgan fingerprint density at radius 3 is 2.50 bits per heavy atom. The Bertz CT molecular complexity index is 376.